The Bertz CT molecular complexity index is 1270. The van der Waals surface area contributed by atoms with E-state index in [1.54, 1.807) is 37.2 Å². The van der Waals surface area contributed by atoms with Gasteiger partial charge in [-0.1, -0.05) is 81.8 Å². The second kappa shape index (κ2) is 20.2. The zero-order chi connectivity index (χ0) is 31.7. The van der Waals surface area contributed by atoms with Crippen molar-refractivity contribution >= 4 is 11.4 Å². The van der Waals surface area contributed by atoms with E-state index < -0.39 is 0 Å². The summed E-state index contributed by atoms with van der Waals surface area (Å²) in [6.07, 6.45) is 10.5. The van der Waals surface area contributed by atoms with Crippen LogP contribution in [0.3, 0.4) is 0 Å². The van der Waals surface area contributed by atoms with Crippen LogP contribution in [0.1, 0.15) is 67.3 Å². The number of aromatic nitrogens is 3. The van der Waals surface area contributed by atoms with Crippen molar-refractivity contribution in [1.29, 1.82) is 0 Å². The minimum absolute atomic E-state index is 0. The first-order valence-electron chi connectivity index (χ1n) is 15.4. The number of pyridine rings is 3. The predicted octanol–water partition coefficient (Wildman–Crippen LogP) is 9.55. The van der Waals surface area contributed by atoms with E-state index in [-0.39, 0.29) is 20.4 Å². The quantitative estimate of drug-likeness (QED) is 0.139. The van der Waals surface area contributed by atoms with Crippen LogP contribution in [0.25, 0.3) is 0 Å². The van der Waals surface area contributed by atoms with Crippen molar-refractivity contribution in [3.8, 4) is 0 Å². The van der Waals surface area contributed by atoms with Gasteiger partial charge in [0, 0.05) is 61.6 Å². The molecular weight excluding hydrogens is 645 g/mol. The van der Waals surface area contributed by atoms with E-state index in [0.717, 1.165) is 13.1 Å². The molecule has 6 rings (SSSR count). The van der Waals surface area contributed by atoms with Gasteiger partial charge < -0.3 is 9.80 Å². The molecule has 6 heteroatoms. The molecule has 5 aromatic rings. The molecule has 0 amide bonds. The molecule has 45 heavy (non-hydrogen) atoms. The minimum atomic E-state index is 0. The molecule has 5 nitrogen and oxygen atoms in total. The first-order valence-corrected chi connectivity index (χ1v) is 15.4. The average molecular weight is 693 g/mol. The van der Waals surface area contributed by atoms with E-state index in [4.69, 9.17) is 0 Å². The Balaban J connectivity index is 0.000000297. The monoisotopic (exact) mass is 692 g/mol. The summed E-state index contributed by atoms with van der Waals surface area (Å²) >= 11 is 0. The molecule has 1 saturated heterocycles. The van der Waals surface area contributed by atoms with E-state index in [1.807, 2.05) is 54.6 Å². The number of hydrogen-bond acceptors (Lipinski definition) is 5. The van der Waals surface area contributed by atoms with Gasteiger partial charge in [0.15, 0.2) is 0 Å². The molecule has 0 unspecified atom stereocenters. The fourth-order valence-corrected chi connectivity index (χ4v) is 5.24. The Morgan fingerprint density at radius 2 is 0.889 bits per heavy atom. The first-order chi connectivity index (χ1) is 21.3. The summed E-state index contributed by atoms with van der Waals surface area (Å²) in [4.78, 5) is 16.3. The van der Waals surface area contributed by atoms with Gasteiger partial charge in [-0.15, -0.1) is 0 Å². The molecule has 0 bridgehead atoms. The molecule has 0 N–H and O–H groups in total. The number of aryl methyl sites for hydroxylation is 3. The summed E-state index contributed by atoms with van der Waals surface area (Å²) in [6, 6.07) is 28.5. The molecule has 1 aliphatic rings. The van der Waals surface area contributed by atoms with Gasteiger partial charge in [0.05, 0.1) is 0 Å². The Morgan fingerprint density at radius 1 is 0.533 bits per heavy atom. The van der Waals surface area contributed by atoms with E-state index in [2.05, 4.69) is 110 Å². The summed E-state index contributed by atoms with van der Waals surface area (Å²) in [5, 5.41) is 0. The fraction of sp³-hybridized carbons (Fsp3) is 0.282. The number of anilines is 2. The summed E-state index contributed by atoms with van der Waals surface area (Å²) < 4.78 is 0. The molecule has 3 aromatic heterocycles. The van der Waals surface area contributed by atoms with Crippen LogP contribution < -0.4 is 9.80 Å². The molecule has 0 radical (unpaired) electrons. The molecule has 0 spiro atoms. The Labute approximate surface area is 285 Å². The van der Waals surface area contributed by atoms with Crippen LogP contribution in [0.4, 0.5) is 11.4 Å². The molecule has 1 fully saturated rings. The number of hydrogen-bond donors (Lipinski definition) is 0. The van der Waals surface area contributed by atoms with Crippen LogP contribution in [0.2, 0.25) is 0 Å². The maximum Gasteiger partial charge on any atom is 2.00 e. The van der Waals surface area contributed by atoms with Crippen LogP contribution in [0, 0.1) is 27.4 Å². The third-order valence-corrected chi connectivity index (χ3v) is 7.11. The summed E-state index contributed by atoms with van der Waals surface area (Å²) in [5.74, 6) is 1.04. The topological polar surface area (TPSA) is 45.2 Å². The van der Waals surface area contributed by atoms with Crippen LogP contribution in [-0.4, -0.2) is 28.0 Å². The molecular formula is C39H48N5Pd+. The zero-order valence-electron chi connectivity index (χ0n) is 27.7. The molecule has 0 atom stereocenters. The first kappa shape index (κ1) is 37.3. The maximum absolute atomic E-state index is 3.78. The van der Waals surface area contributed by atoms with Gasteiger partial charge in [0.25, 0.3) is 0 Å². The van der Waals surface area contributed by atoms with E-state index >= 15 is 0 Å². The third kappa shape index (κ3) is 12.2. The van der Waals surface area contributed by atoms with Crippen LogP contribution in [0.5, 0.6) is 0 Å². The average Bonchev–Trinajstić information content (AvgIpc) is 3.53. The third-order valence-electron chi connectivity index (χ3n) is 7.11. The van der Waals surface area contributed by atoms with Crippen LogP contribution >= 0.6 is 0 Å². The van der Waals surface area contributed by atoms with Gasteiger partial charge in [-0.25, -0.2) is 0 Å². The standard InChI is InChI=1S/C24H33N2.3C5H5N.Pd/c1-16(2)21-9-8-10-22(17(3)4)24(21)26-12-11-25(15-26)23-19(6)13-18(5)14-20(23)7;3*1-2-4-6-5-3-1;/h8-10,13-17H,11-12H2,1-7H3;3*1-5H;/q-1;;;;+2. The molecule has 1 aliphatic heterocycles. The number of rotatable bonds is 4. The normalized spacial score (nSPS) is 11.8. The Morgan fingerprint density at radius 3 is 1.18 bits per heavy atom. The van der Waals surface area contributed by atoms with Crippen molar-refractivity contribution in [2.75, 3.05) is 22.9 Å². The predicted molar refractivity (Wildman–Crippen MR) is 187 cm³/mol. The zero-order valence-corrected chi connectivity index (χ0v) is 29.3. The molecule has 2 aromatic carbocycles. The SMILES string of the molecule is Cc1cc(C)c(N2[CH-]N(c3c(C(C)C)cccc3C(C)C)CC2)c(C)c1.[Pd+2].c1ccncc1.c1ccncc1.c1ccncc1. The van der Waals surface area contributed by atoms with Crippen molar-refractivity contribution in [3.05, 3.63) is 157 Å². The van der Waals surface area contributed by atoms with Crippen molar-refractivity contribution in [2.45, 2.75) is 60.3 Å². The van der Waals surface area contributed by atoms with Gasteiger partial charge >= 0.3 is 20.4 Å². The van der Waals surface area contributed by atoms with E-state index in [1.165, 1.54) is 39.2 Å². The molecule has 4 heterocycles. The van der Waals surface area contributed by atoms with Crippen LogP contribution in [0.15, 0.2) is 122 Å². The fourth-order valence-electron chi connectivity index (χ4n) is 5.24. The Kier molecular flexibility index (Phi) is 16.8. The van der Waals surface area contributed by atoms with Gasteiger partial charge in [0.1, 0.15) is 0 Å². The summed E-state index contributed by atoms with van der Waals surface area (Å²) in [5.41, 5.74) is 9.75. The Hall–Kier alpha value is -3.85. The van der Waals surface area contributed by atoms with E-state index in [0.29, 0.717) is 11.8 Å². The largest absolute Gasteiger partial charge is 2.00 e. The summed E-state index contributed by atoms with van der Waals surface area (Å²) in [6.45, 7) is 20.2. The van der Waals surface area contributed by atoms with Gasteiger partial charge in [-0.2, -0.15) is 6.67 Å². The summed E-state index contributed by atoms with van der Waals surface area (Å²) in [7, 11) is 0. The smallest absolute Gasteiger partial charge is 0.502 e. The van der Waals surface area contributed by atoms with Gasteiger partial charge in [-0.3, -0.25) is 15.0 Å². The van der Waals surface area contributed by atoms with Crippen LogP contribution in [-0.2, 0) is 20.4 Å². The maximum atomic E-state index is 3.78. The minimum Gasteiger partial charge on any atom is -0.502 e. The number of nitrogens with zero attached hydrogens (tertiary/aromatic N) is 5. The number of benzene rings is 2. The van der Waals surface area contributed by atoms with Gasteiger partial charge in [0.2, 0.25) is 0 Å². The molecule has 0 saturated carbocycles. The van der Waals surface area contributed by atoms with Gasteiger partial charge in [-0.05, 0) is 91.3 Å². The molecule has 238 valence electrons. The number of para-hydroxylation sites is 1. The van der Waals surface area contributed by atoms with Crippen molar-refractivity contribution in [2.24, 2.45) is 0 Å². The second-order valence-corrected chi connectivity index (χ2v) is 11.4. The second-order valence-electron chi connectivity index (χ2n) is 11.4. The molecule has 0 aliphatic carbocycles. The van der Waals surface area contributed by atoms with Crippen molar-refractivity contribution < 1.29 is 20.4 Å². The van der Waals surface area contributed by atoms with Crippen molar-refractivity contribution in [3.63, 3.8) is 0 Å². The van der Waals surface area contributed by atoms with E-state index in [9.17, 15) is 0 Å². The van der Waals surface area contributed by atoms with Crippen molar-refractivity contribution in [1.82, 2.24) is 15.0 Å².